The molecule has 1 amide bonds. The molecule has 10 heteroatoms. The summed E-state index contributed by atoms with van der Waals surface area (Å²) >= 11 is 5.97. The number of nitrogens with two attached hydrogens (primary N) is 1. The van der Waals surface area contributed by atoms with Crippen LogP contribution in [-0.2, 0) is 0 Å². The Morgan fingerprint density at radius 1 is 1.09 bits per heavy atom. The average molecular weight is 480 g/mol. The van der Waals surface area contributed by atoms with Crippen LogP contribution in [0.2, 0.25) is 5.02 Å². The third kappa shape index (κ3) is 4.60. The van der Waals surface area contributed by atoms with E-state index in [0.29, 0.717) is 11.4 Å². The topological polar surface area (TPSA) is 112 Å². The number of halogens is 2. The third-order valence-corrected chi connectivity index (χ3v) is 5.35. The number of ether oxygens (including phenoxy) is 1. The van der Waals surface area contributed by atoms with Crippen molar-refractivity contribution in [3.05, 3.63) is 98.9 Å². The van der Waals surface area contributed by atoms with Gasteiger partial charge in [0.25, 0.3) is 11.5 Å². The number of aromatic nitrogens is 3. The summed E-state index contributed by atoms with van der Waals surface area (Å²) in [5.41, 5.74) is 7.50. The molecule has 3 N–H and O–H groups in total. The van der Waals surface area contributed by atoms with Gasteiger partial charge in [-0.15, -0.1) is 0 Å². The van der Waals surface area contributed by atoms with Crippen LogP contribution in [0.15, 0.2) is 65.7 Å². The molecule has 0 saturated carbocycles. The molecule has 2 aromatic heterocycles. The maximum absolute atomic E-state index is 14.6. The Bertz CT molecular complexity index is 1450. The number of amides is 1. The summed E-state index contributed by atoms with van der Waals surface area (Å²) in [5.74, 6) is -1.76. The molecule has 0 fully saturated rings. The Labute approximate surface area is 198 Å². The lowest BCUT2D eigenvalue weighted by Gasteiger charge is -2.13. The zero-order valence-corrected chi connectivity index (χ0v) is 18.9. The third-order valence-electron chi connectivity index (χ3n) is 5.00. The summed E-state index contributed by atoms with van der Waals surface area (Å²) in [6.07, 6.45) is 1.13. The second kappa shape index (κ2) is 9.32. The van der Waals surface area contributed by atoms with Crippen molar-refractivity contribution in [2.45, 2.75) is 13.8 Å². The maximum Gasteiger partial charge on any atom is 0.268 e. The first-order valence-electron chi connectivity index (χ1n) is 10.1. The van der Waals surface area contributed by atoms with E-state index >= 15 is 0 Å². The van der Waals surface area contributed by atoms with Gasteiger partial charge in [0.15, 0.2) is 11.6 Å². The molecule has 0 radical (unpaired) electrons. The molecule has 34 heavy (non-hydrogen) atoms. The van der Waals surface area contributed by atoms with Crippen LogP contribution in [0.4, 0.5) is 15.9 Å². The zero-order valence-electron chi connectivity index (χ0n) is 18.2. The van der Waals surface area contributed by atoms with Crippen molar-refractivity contribution in [3.8, 4) is 17.3 Å². The second-order valence-electron chi connectivity index (χ2n) is 7.44. The van der Waals surface area contributed by atoms with Gasteiger partial charge in [-0.05, 0) is 50.2 Å². The molecule has 0 aliphatic rings. The Kier molecular flexibility index (Phi) is 6.29. The lowest BCUT2D eigenvalue weighted by Crippen LogP contribution is -2.29. The molecule has 2 aromatic carbocycles. The number of anilines is 2. The van der Waals surface area contributed by atoms with E-state index in [1.54, 1.807) is 25.1 Å². The highest BCUT2D eigenvalue weighted by atomic mass is 35.5. The Morgan fingerprint density at radius 3 is 2.53 bits per heavy atom. The quantitative estimate of drug-likeness (QED) is 0.430. The number of rotatable bonds is 5. The smallest absolute Gasteiger partial charge is 0.268 e. The number of nitrogens with zero attached hydrogens (tertiary/aromatic N) is 3. The largest absolute Gasteiger partial charge is 0.434 e. The Balaban J connectivity index is 1.58. The summed E-state index contributed by atoms with van der Waals surface area (Å²) in [4.78, 5) is 33.4. The summed E-state index contributed by atoms with van der Waals surface area (Å²) in [6.45, 7) is 3.71. The number of nitrogens with one attached hydrogen (secondary N) is 1. The van der Waals surface area contributed by atoms with Crippen molar-refractivity contribution in [3.63, 3.8) is 0 Å². The highest BCUT2D eigenvalue weighted by molar-refractivity contribution is 6.34. The molecule has 2 heterocycles. The van der Waals surface area contributed by atoms with E-state index in [1.165, 1.54) is 22.8 Å². The number of pyridine rings is 1. The van der Waals surface area contributed by atoms with E-state index in [1.807, 2.05) is 19.1 Å². The fourth-order valence-corrected chi connectivity index (χ4v) is 3.36. The fourth-order valence-electron chi connectivity index (χ4n) is 3.22. The fraction of sp³-hybridized carbons (Fsp3) is 0.0833. The first kappa shape index (κ1) is 22.9. The molecule has 0 bridgehead atoms. The van der Waals surface area contributed by atoms with Crippen LogP contribution in [-0.4, -0.2) is 20.4 Å². The lowest BCUT2D eigenvalue weighted by atomic mass is 10.2. The van der Waals surface area contributed by atoms with Crippen LogP contribution in [0, 0.1) is 19.7 Å². The minimum absolute atomic E-state index is 0.00894. The van der Waals surface area contributed by atoms with Crippen LogP contribution < -0.4 is 21.3 Å². The van der Waals surface area contributed by atoms with Crippen molar-refractivity contribution in [1.82, 2.24) is 14.5 Å². The van der Waals surface area contributed by atoms with Crippen molar-refractivity contribution in [1.29, 1.82) is 0 Å². The normalized spacial score (nSPS) is 10.7. The molecule has 0 spiro atoms. The van der Waals surface area contributed by atoms with Gasteiger partial charge in [0.2, 0.25) is 5.88 Å². The number of aryl methyl sites for hydroxylation is 2. The average Bonchev–Trinajstić information content (AvgIpc) is 2.80. The predicted molar refractivity (Wildman–Crippen MR) is 127 cm³/mol. The standard InChI is InChI=1S/C24H19ClFN5O3/c1-13-3-7-16(8-4-13)31-14(2)5-9-17(24(31)33)22(32)30-15-6-10-19(18(26)11-15)34-23-20(25)21(27)28-12-29-23/h3-12H,1-2H3,(H,30,32)(H2,27,28,29). The van der Waals surface area contributed by atoms with Crippen LogP contribution in [0.25, 0.3) is 5.69 Å². The molecular weight excluding hydrogens is 461 g/mol. The van der Waals surface area contributed by atoms with E-state index in [9.17, 15) is 14.0 Å². The Hall–Kier alpha value is -4.24. The molecule has 4 rings (SSSR count). The van der Waals surface area contributed by atoms with Crippen molar-refractivity contribution >= 4 is 29.0 Å². The van der Waals surface area contributed by atoms with Gasteiger partial charge in [-0.25, -0.2) is 9.37 Å². The molecule has 0 aliphatic heterocycles. The predicted octanol–water partition coefficient (Wildman–Crippen LogP) is 4.66. The van der Waals surface area contributed by atoms with E-state index in [-0.39, 0.29) is 33.7 Å². The van der Waals surface area contributed by atoms with Crippen LogP contribution in [0.3, 0.4) is 0 Å². The van der Waals surface area contributed by atoms with Crippen molar-refractivity contribution in [2.75, 3.05) is 11.1 Å². The first-order chi connectivity index (χ1) is 16.2. The molecular formula is C24H19ClFN5O3. The van der Waals surface area contributed by atoms with Crippen LogP contribution in [0.5, 0.6) is 11.6 Å². The lowest BCUT2D eigenvalue weighted by molar-refractivity contribution is 0.102. The molecule has 0 aliphatic carbocycles. The molecule has 0 atom stereocenters. The first-order valence-corrected chi connectivity index (χ1v) is 10.5. The Morgan fingerprint density at radius 2 is 1.82 bits per heavy atom. The summed E-state index contributed by atoms with van der Waals surface area (Å²) < 4.78 is 21.4. The molecule has 8 nitrogen and oxygen atoms in total. The number of carbonyl (C=O) groups is 1. The van der Waals surface area contributed by atoms with Gasteiger partial charge in [-0.2, -0.15) is 4.98 Å². The van der Waals surface area contributed by atoms with Gasteiger partial charge < -0.3 is 15.8 Å². The minimum Gasteiger partial charge on any atom is -0.434 e. The second-order valence-corrected chi connectivity index (χ2v) is 7.82. The molecule has 0 unspecified atom stereocenters. The van der Waals surface area contributed by atoms with Crippen molar-refractivity contribution in [2.24, 2.45) is 0 Å². The minimum atomic E-state index is -0.785. The summed E-state index contributed by atoms with van der Waals surface area (Å²) in [6, 6.07) is 14.2. The van der Waals surface area contributed by atoms with Gasteiger partial charge in [-0.1, -0.05) is 29.3 Å². The summed E-state index contributed by atoms with van der Waals surface area (Å²) in [7, 11) is 0. The van der Waals surface area contributed by atoms with Gasteiger partial charge in [0.1, 0.15) is 22.7 Å². The zero-order chi connectivity index (χ0) is 24.4. The van der Waals surface area contributed by atoms with E-state index in [0.717, 1.165) is 18.0 Å². The number of carbonyl (C=O) groups excluding carboxylic acids is 1. The van der Waals surface area contributed by atoms with Crippen LogP contribution in [0.1, 0.15) is 21.6 Å². The van der Waals surface area contributed by atoms with Gasteiger partial charge >= 0.3 is 0 Å². The summed E-state index contributed by atoms with van der Waals surface area (Å²) in [5, 5.41) is 2.49. The highest BCUT2D eigenvalue weighted by Gasteiger charge is 2.17. The van der Waals surface area contributed by atoms with Gasteiger partial charge in [-0.3, -0.25) is 14.2 Å². The van der Waals surface area contributed by atoms with Gasteiger partial charge in [0.05, 0.1) is 0 Å². The monoisotopic (exact) mass is 479 g/mol. The van der Waals surface area contributed by atoms with E-state index in [2.05, 4.69) is 15.3 Å². The number of benzene rings is 2. The van der Waals surface area contributed by atoms with Crippen molar-refractivity contribution < 1.29 is 13.9 Å². The van der Waals surface area contributed by atoms with E-state index < -0.39 is 17.3 Å². The molecule has 4 aromatic rings. The SMILES string of the molecule is Cc1ccc(-n2c(C)ccc(C(=O)Nc3ccc(Oc4ncnc(N)c4Cl)c(F)c3)c2=O)cc1. The molecule has 0 saturated heterocycles. The molecule has 172 valence electrons. The van der Waals surface area contributed by atoms with Gasteiger partial charge in [0, 0.05) is 23.1 Å². The maximum atomic E-state index is 14.6. The number of hydrogen-bond acceptors (Lipinski definition) is 6. The number of nitrogen functional groups attached to an aromatic ring is 1. The van der Waals surface area contributed by atoms with Crippen LogP contribution >= 0.6 is 11.6 Å². The van der Waals surface area contributed by atoms with E-state index in [4.69, 9.17) is 22.1 Å². The highest BCUT2D eigenvalue weighted by Crippen LogP contribution is 2.32. The number of hydrogen-bond donors (Lipinski definition) is 2.